The fourth-order valence-corrected chi connectivity index (χ4v) is 4.35. The van der Waals surface area contributed by atoms with Crippen molar-refractivity contribution >= 4 is 21.4 Å². The Kier molecular flexibility index (Phi) is 4.88. The van der Waals surface area contributed by atoms with E-state index in [-0.39, 0.29) is 18.2 Å². The third-order valence-electron chi connectivity index (χ3n) is 3.74. The molecule has 1 unspecified atom stereocenters. The molecule has 2 N–H and O–H groups in total. The molecule has 1 heterocycles. The number of hydrogen-bond donors (Lipinski definition) is 2. The minimum absolute atomic E-state index is 0.195. The van der Waals surface area contributed by atoms with E-state index in [4.69, 9.17) is 0 Å². The Morgan fingerprint density at radius 2 is 2.14 bits per heavy atom. The molecule has 0 spiro atoms. The van der Waals surface area contributed by atoms with Crippen molar-refractivity contribution in [2.45, 2.75) is 31.9 Å². The molecule has 5 nitrogen and oxygen atoms in total. The van der Waals surface area contributed by atoms with Crippen molar-refractivity contribution in [3.05, 3.63) is 29.3 Å². The number of aryl methyl sites for hydroxylation is 1. The fraction of sp³-hybridized carbons (Fsp3) is 0.533. The van der Waals surface area contributed by atoms with Gasteiger partial charge in [-0.05, 0) is 44.4 Å². The number of hydrogen-bond acceptors (Lipinski definition) is 4. The number of amides is 1. The van der Waals surface area contributed by atoms with Gasteiger partial charge in [0.2, 0.25) is 0 Å². The number of anilines is 1. The topological polar surface area (TPSA) is 75.3 Å². The second-order valence-electron chi connectivity index (χ2n) is 5.42. The number of carbonyl (C=O) groups excluding carboxylic acids is 1. The predicted octanol–water partition coefficient (Wildman–Crippen LogP) is 1.73. The smallest absolute Gasteiger partial charge is 0.253 e. The van der Waals surface area contributed by atoms with E-state index in [1.165, 1.54) is 0 Å². The first-order chi connectivity index (χ1) is 9.94. The number of nitrogens with one attached hydrogen (secondary N) is 2. The number of sulfone groups is 1. The van der Waals surface area contributed by atoms with E-state index in [9.17, 15) is 13.2 Å². The summed E-state index contributed by atoms with van der Waals surface area (Å²) in [6, 6.07) is 5.57. The van der Waals surface area contributed by atoms with Crippen LogP contribution in [0.3, 0.4) is 0 Å². The molecule has 0 aliphatic carbocycles. The lowest BCUT2D eigenvalue weighted by molar-refractivity contribution is 0.0954. The molecule has 1 atom stereocenters. The van der Waals surface area contributed by atoms with Crippen molar-refractivity contribution < 1.29 is 13.2 Å². The summed E-state index contributed by atoms with van der Waals surface area (Å²) in [6.07, 6.45) is 1.33. The van der Waals surface area contributed by atoms with E-state index in [1.807, 2.05) is 26.0 Å². The summed E-state index contributed by atoms with van der Waals surface area (Å²) < 4.78 is 23.5. The molecule has 1 aromatic carbocycles. The van der Waals surface area contributed by atoms with Gasteiger partial charge in [0.1, 0.15) is 0 Å². The van der Waals surface area contributed by atoms with E-state index in [0.717, 1.165) is 17.8 Å². The summed E-state index contributed by atoms with van der Waals surface area (Å²) >= 11 is 0. The van der Waals surface area contributed by atoms with E-state index < -0.39 is 15.1 Å². The van der Waals surface area contributed by atoms with Crippen LogP contribution in [0, 0.1) is 6.92 Å². The molecule has 1 saturated heterocycles. The number of carbonyl (C=O) groups is 1. The normalized spacial score (nSPS) is 20.2. The van der Waals surface area contributed by atoms with Gasteiger partial charge in [-0.15, -0.1) is 0 Å². The van der Waals surface area contributed by atoms with Crippen LogP contribution >= 0.6 is 0 Å². The Morgan fingerprint density at radius 3 is 2.76 bits per heavy atom. The molecule has 116 valence electrons. The minimum Gasteiger partial charge on any atom is -0.385 e. The zero-order valence-corrected chi connectivity index (χ0v) is 13.3. The van der Waals surface area contributed by atoms with Crippen molar-refractivity contribution in [1.29, 1.82) is 0 Å². The molecule has 1 fully saturated rings. The van der Waals surface area contributed by atoms with Crippen LogP contribution in [0.1, 0.15) is 35.7 Å². The first-order valence-corrected chi connectivity index (χ1v) is 9.00. The van der Waals surface area contributed by atoms with Gasteiger partial charge < -0.3 is 10.6 Å². The summed E-state index contributed by atoms with van der Waals surface area (Å²) in [7, 11) is -3.02. The molecule has 1 aliphatic rings. The molecule has 1 amide bonds. The van der Waals surface area contributed by atoms with Gasteiger partial charge in [0, 0.05) is 18.8 Å². The van der Waals surface area contributed by atoms with Gasteiger partial charge in [-0.3, -0.25) is 4.79 Å². The summed E-state index contributed by atoms with van der Waals surface area (Å²) in [5, 5.41) is 5.48. The second-order valence-corrected chi connectivity index (χ2v) is 7.82. The van der Waals surface area contributed by atoms with Crippen LogP contribution in [0.2, 0.25) is 0 Å². The highest BCUT2D eigenvalue weighted by molar-refractivity contribution is 7.92. The molecular weight excluding hydrogens is 288 g/mol. The molecule has 2 rings (SSSR count). The Morgan fingerprint density at radius 1 is 1.38 bits per heavy atom. The van der Waals surface area contributed by atoms with Gasteiger partial charge >= 0.3 is 0 Å². The maximum atomic E-state index is 12.3. The molecule has 0 aromatic heterocycles. The van der Waals surface area contributed by atoms with Gasteiger partial charge in [0.05, 0.1) is 16.6 Å². The van der Waals surface area contributed by atoms with Crippen LogP contribution in [0.4, 0.5) is 5.69 Å². The molecule has 6 heteroatoms. The largest absolute Gasteiger partial charge is 0.385 e. The quantitative estimate of drug-likeness (QED) is 0.868. The van der Waals surface area contributed by atoms with Crippen molar-refractivity contribution in [1.82, 2.24) is 5.32 Å². The average molecular weight is 310 g/mol. The Balaban J connectivity index is 2.07. The van der Waals surface area contributed by atoms with Crippen molar-refractivity contribution in [3.63, 3.8) is 0 Å². The van der Waals surface area contributed by atoms with Gasteiger partial charge in [0.15, 0.2) is 9.84 Å². The second kappa shape index (κ2) is 6.47. The van der Waals surface area contributed by atoms with Crippen LogP contribution in [0.15, 0.2) is 18.2 Å². The van der Waals surface area contributed by atoms with E-state index in [2.05, 4.69) is 10.6 Å². The van der Waals surface area contributed by atoms with Crippen molar-refractivity contribution in [3.8, 4) is 0 Å². The van der Waals surface area contributed by atoms with Gasteiger partial charge in [-0.25, -0.2) is 8.42 Å². The maximum absolute atomic E-state index is 12.3. The lowest BCUT2D eigenvalue weighted by atomic mass is 10.1. The van der Waals surface area contributed by atoms with E-state index in [1.54, 1.807) is 6.07 Å². The molecule has 0 saturated carbocycles. The fourth-order valence-electron chi connectivity index (χ4n) is 2.58. The van der Waals surface area contributed by atoms with Crippen LogP contribution in [-0.2, 0) is 9.84 Å². The van der Waals surface area contributed by atoms with E-state index in [0.29, 0.717) is 18.4 Å². The highest BCUT2D eigenvalue weighted by Crippen LogP contribution is 2.20. The lowest BCUT2D eigenvalue weighted by Crippen LogP contribution is -2.34. The standard InChI is InChI=1S/C15H22N2O3S/c1-3-16-14-9-11(2)6-7-13(14)15(18)17-10-12-5-4-8-21(12,19)20/h6-7,9,12,16H,3-5,8,10H2,1-2H3,(H,17,18). The van der Waals surface area contributed by atoms with Crippen LogP contribution in [0.5, 0.6) is 0 Å². The Bertz CT molecular complexity index is 626. The molecule has 0 radical (unpaired) electrons. The third kappa shape index (κ3) is 3.75. The predicted molar refractivity (Wildman–Crippen MR) is 84.5 cm³/mol. The first kappa shape index (κ1) is 15.8. The third-order valence-corrected chi connectivity index (χ3v) is 6.02. The minimum atomic E-state index is -3.02. The molecule has 0 bridgehead atoms. The number of benzene rings is 1. The molecular formula is C15H22N2O3S. The number of rotatable bonds is 5. The molecule has 21 heavy (non-hydrogen) atoms. The van der Waals surface area contributed by atoms with Crippen molar-refractivity contribution in [2.75, 3.05) is 24.2 Å². The Labute approximate surface area is 126 Å². The maximum Gasteiger partial charge on any atom is 0.253 e. The summed E-state index contributed by atoms with van der Waals surface area (Å²) in [6.45, 7) is 4.85. The SMILES string of the molecule is CCNc1cc(C)ccc1C(=O)NCC1CCCS1(=O)=O. The van der Waals surface area contributed by atoms with E-state index >= 15 is 0 Å². The molecule has 1 aliphatic heterocycles. The van der Waals surface area contributed by atoms with Crippen LogP contribution in [0.25, 0.3) is 0 Å². The highest BCUT2D eigenvalue weighted by atomic mass is 32.2. The molecule has 1 aromatic rings. The lowest BCUT2D eigenvalue weighted by Gasteiger charge is -2.14. The zero-order chi connectivity index (χ0) is 15.5. The van der Waals surface area contributed by atoms with Crippen molar-refractivity contribution in [2.24, 2.45) is 0 Å². The first-order valence-electron chi connectivity index (χ1n) is 7.28. The highest BCUT2D eigenvalue weighted by Gasteiger charge is 2.31. The summed E-state index contributed by atoms with van der Waals surface area (Å²) in [5.74, 6) is 0.00816. The Hall–Kier alpha value is -1.56. The average Bonchev–Trinajstić information content (AvgIpc) is 2.75. The van der Waals surface area contributed by atoms with Crippen LogP contribution < -0.4 is 10.6 Å². The zero-order valence-electron chi connectivity index (χ0n) is 12.5. The van der Waals surface area contributed by atoms with Gasteiger partial charge in [0.25, 0.3) is 5.91 Å². The van der Waals surface area contributed by atoms with Gasteiger partial charge in [-0.2, -0.15) is 0 Å². The van der Waals surface area contributed by atoms with Crippen LogP contribution in [-0.4, -0.2) is 38.4 Å². The summed E-state index contributed by atoms with van der Waals surface area (Å²) in [5.41, 5.74) is 2.41. The monoisotopic (exact) mass is 310 g/mol. The summed E-state index contributed by atoms with van der Waals surface area (Å²) in [4.78, 5) is 12.3. The van der Waals surface area contributed by atoms with Gasteiger partial charge in [-0.1, -0.05) is 6.07 Å².